The Labute approximate surface area is 68.3 Å². The third-order valence-electron chi connectivity index (χ3n) is 2.20. The molecule has 11 heavy (non-hydrogen) atoms. The second kappa shape index (κ2) is 3.11. The molecule has 1 saturated heterocycles. The number of sulfone groups is 1. The van der Waals surface area contributed by atoms with Gasteiger partial charge in [0.15, 0.2) is 9.84 Å². The van der Waals surface area contributed by atoms with Gasteiger partial charge in [0.1, 0.15) is 5.37 Å². The average molecular weight is 177 g/mol. The first-order chi connectivity index (χ1) is 5.02. The van der Waals surface area contributed by atoms with Crippen molar-refractivity contribution >= 4 is 9.84 Å². The van der Waals surface area contributed by atoms with Crippen molar-refractivity contribution in [3.05, 3.63) is 0 Å². The van der Waals surface area contributed by atoms with Crippen LogP contribution in [0.25, 0.3) is 0 Å². The van der Waals surface area contributed by atoms with Gasteiger partial charge in [-0.25, -0.2) is 8.42 Å². The number of nitrogens with zero attached hydrogens (tertiary/aromatic N) is 1. The fourth-order valence-electron chi connectivity index (χ4n) is 1.59. The van der Waals surface area contributed by atoms with E-state index in [4.69, 9.17) is 0 Å². The van der Waals surface area contributed by atoms with Crippen LogP contribution >= 0.6 is 0 Å². The molecule has 0 aromatic heterocycles. The van der Waals surface area contributed by atoms with Crippen molar-refractivity contribution in [1.29, 1.82) is 0 Å². The molecule has 4 heteroatoms. The molecule has 1 atom stereocenters. The van der Waals surface area contributed by atoms with E-state index >= 15 is 0 Å². The van der Waals surface area contributed by atoms with Crippen LogP contribution < -0.4 is 0 Å². The smallest absolute Gasteiger partial charge is 0.163 e. The normalized spacial score (nSPS) is 28.7. The summed E-state index contributed by atoms with van der Waals surface area (Å²) in [5.41, 5.74) is 0. The van der Waals surface area contributed by atoms with E-state index in [0.717, 1.165) is 25.8 Å². The zero-order valence-electron chi connectivity index (χ0n) is 7.08. The molecule has 66 valence electrons. The molecule has 0 aromatic carbocycles. The third-order valence-corrected chi connectivity index (χ3v) is 3.78. The maximum Gasteiger partial charge on any atom is 0.163 e. The summed E-state index contributed by atoms with van der Waals surface area (Å²) in [7, 11) is -0.969. The molecule has 0 radical (unpaired) electrons. The van der Waals surface area contributed by atoms with Gasteiger partial charge in [-0.15, -0.1) is 0 Å². The average Bonchev–Trinajstić information content (AvgIpc) is 1.86. The standard InChI is InChI=1S/C7H15NO2S/c1-8-6-4-3-5-7(8)11(2,9)10/h7H,3-6H2,1-2H3. The summed E-state index contributed by atoms with van der Waals surface area (Å²) >= 11 is 0. The fraction of sp³-hybridized carbons (Fsp3) is 1.00. The van der Waals surface area contributed by atoms with Crippen LogP contribution in [0.1, 0.15) is 19.3 Å². The van der Waals surface area contributed by atoms with Crippen LogP contribution in [0.2, 0.25) is 0 Å². The van der Waals surface area contributed by atoms with E-state index in [9.17, 15) is 8.42 Å². The molecule has 0 aliphatic carbocycles. The predicted octanol–water partition coefficient (Wildman–Crippen LogP) is 0.473. The molecule has 0 N–H and O–H groups in total. The van der Waals surface area contributed by atoms with Gasteiger partial charge in [0.05, 0.1) is 0 Å². The fourth-order valence-corrected chi connectivity index (χ4v) is 2.94. The summed E-state index contributed by atoms with van der Waals surface area (Å²) in [5.74, 6) is 0. The molecule has 3 nitrogen and oxygen atoms in total. The Morgan fingerprint density at radius 2 is 2.00 bits per heavy atom. The monoisotopic (exact) mass is 177 g/mol. The molecular weight excluding hydrogens is 162 g/mol. The maximum atomic E-state index is 11.2. The second-order valence-electron chi connectivity index (χ2n) is 3.26. The van der Waals surface area contributed by atoms with Gasteiger partial charge in [0, 0.05) is 6.26 Å². The Balaban J connectivity index is 2.70. The third kappa shape index (κ3) is 2.17. The zero-order chi connectivity index (χ0) is 8.48. The molecule has 1 aliphatic rings. The van der Waals surface area contributed by atoms with Crippen molar-refractivity contribution in [2.75, 3.05) is 19.8 Å². The van der Waals surface area contributed by atoms with E-state index < -0.39 is 9.84 Å². The topological polar surface area (TPSA) is 37.4 Å². The largest absolute Gasteiger partial charge is 0.290 e. The van der Waals surface area contributed by atoms with Crippen LogP contribution in [-0.2, 0) is 9.84 Å². The Hall–Kier alpha value is -0.0900. The number of hydrogen-bond acceptors (Lipinski definition) is 3. The first-order valence-electron chi connectivity index (χ1n) is 3.91. The molecule has 1 fully saturated rings. The Morgan fingerprint density at radius 3 is 2.36 bits per heavy atom. The first kappa shape index (κ1) is 9.00. The van der Waals surface area contributed by atoms with Crippen LogP contribution in [0.3, 0.4) is 0 Å². The lowest BCUT2D eigenvalue weighted by Gasteiger charge is -2.30. The number of hydrogen-bond donors (Lipinski definition) is 0. The summed E-state index contributed by atoms with van der Waals surface area (Å²) in [5, 5.41) is -0.226. The molecule has 0 amide bonds. The molecule has 1 unspecified atom stereocenters. The summed E-state index contributed by atoms with van der Waals surface area (Å²) < 4.78 is 22.3. The Bertz CT molecular complexity index is 223. The van der Waals surface area contributed by atoms with Crippen molar-refractivity contribution in [2.45, 2.75) is 24.6 Å². The van der Waals surface area contributed by atoms with Crippen LogP contribution in [0.4, 0.5) is 0 Å². The lowest BCUT2D eigenvalue weighted by atomic mass is 10.1. The van der Waals surface area contributed by atoms with Gasteiger partial charge < -0.3 is 0 Å². The number of rotatable bonds is 1. The summed E-state index contributed by atoms with van der Waals surface area (Å²) in [6.45, 7) is 0.914. The van der Waals surface area contributed by atoms with Gasteiger partial charge in [-0.1, -0.05) is 0 Å². The molecule has 0 aromatic rings. The molecule has 0 bridgehead atoms. The van der Waals surface area contributed by atoms with Crippen LogP contribution in [0, 0.1) is 0 Å². The molecule has 1 rings (SSSR count). The highest BCUT2D eigenvalue weighted by Crippen LogP contribution is 2.18. The summed E-state index contributed by atoms with van der Waals surface area (Å²) in [6.07, 6.45) is 4.29. The lowest BCUT2D eigenvalue weighted by Crippen LogP contribution is -2.41. The highest BCUT2D eigenvalue weighted by molar-refractivity contribution is 7.91. The van der Waals surface area contributed by atoms with Crippen LogP contribution in [0.5, 0.6) is 0 Å². The van der Waals surface area contributed by atoms with Gasteiger partial charge in [-0.2, -0.15) is 0 Å². The van der Waals surface area contributed by atoms with Gasteiger partial charge in [-0.3, -0.25) is 4.90 Å². The molecule has 0 spiro atoms. The van der Waals surface area contributed by atoms with Crippen molar-refractivity contribution in [2.24, 2.45) is 0 Å². The highest BCUT2D eigenvalue weighted by atomic mass is 32.2. The van der Waals surface area contributed by atoms with Gasteiger partial charge in [0.2, 0.25) is 0 Å². The Kier molecular flexibility index (Phi) is 2.54. The maximum absolute atomic E-state index is 11.2. The minimum Gasteiger partial charge on any atom is -0.290 e. The minimum atomic E-state index is -2.85. The first-order valence-corrected chi connectivity index (χ1v) is 5.86. The molecule has 1 heterocycles. The van der Waals surface area contributed by atoms with E-state index in [1.807, 2.05) is 11.9 Å². The van der Waals surface area contributed by atoms with Crippen molar-refractivity contribution < 1.29 is 8.42 Å². The lowest BCUT2D eigenvalue weighted by molar-refractivity contribution is 0.242. The minimum absolute atomic E-state index is 0.226. The zero-order valence-corrected chi connectivity index (χ0v) is 7.89. The van der Waals surface area contributed by atoms with Gasteiger partial charge in [0.25, 0.3) is 0 Å². The molecule has 0 saturated carbocycles. The van der Waals surface area contributed by atoms with Crippen molar-refractivity contribution in [3.63, 3.8) is 0 Å². The number of likely N-dealkylation sites (tertiary alicyclic amines) is 1. The van der Waals surface area contributed by atoms with Crippen molar-refractivity contribution in [1.82, 2.24) is 4.90 Å². The molecule has 1 aliphatic heterocycles. The summed E-state index contributed by atoms with van der Waals surface area (Å²) in [4.78, 5) is 1.93. The molecular formula is C7H15NO2S. The SMILES string of the molecule is CN1CCCCC1S(C)(=O)=O. The van der Waals surface area contributed by atoms with Gasteiger partial charge in [-0.05, 0) is 32.9 Å². The van der Waals surface area contributed by atoms with E-state index in [1.165, 1.54) is 6.26 Å². The van der Waals surface area contributed by atoms with E-state index in [2.05, 4.69) is 0 Å². The Morgan fingerprint density at radius 1 is 1.36 bits per heavy atom. The second-order valence-corrected chi connectivity index (χ2v) is 5.46. The summed E-state index contributed by atoms with van der Waals surface area (Å²) in [6, 6.07) is 0. The van der Waals surface area contributed by atoms with E-state index in [1.54, 1.807) is 0 Å². The quantitative estimate of drug-likeness (QED) is 0.584. The highest BCUT2D eigenvalue weighted by Gasteiger charge is 2.27. The van der Waals surface area contributed by atoms with E-state index in [-0.39, 0.29) is 5.37 Å². The van der Waals surface area contributed by atoms with Crippen LogP contribution in [-0.4, -0.2) is 38.5 Å². The van der Waals surface area contributed by atoms with Crippen molar-refractivity contribution in [3.8, 4) is 0 Å². The van der Waals surface area contributed by atoms with E-state index in [0.29, 0.717) is 0 Å². The van der Waals surface area contributed by atoms with Crippen LogP contribution in [0.15, 0.2) is 0 Å². The predicted molar refractivity (Wildman–Crippen MR) is 45.1 cm³/mol. The number of piperidine rings is 1. The van der Waals surface area contributed by atoms with Gasteiger partial charge >= 0.3 is 0 Å².